The summed E-state index contributed by atoms with van der Waals surface area (Å²) in [6.45, 7) is 4.73. The number of aromatic nitrogens is 3. The van der Waals surface area contributed by atoms with Gasteiger partial charge in [0.05, 0.1) is 5.41 Å². The van der Waals surface area contributed by atoms with Crippen LogP contribution < -0.4 is 0 Å². The highest BCUT2D eigenvalue weighted by Gasteiger charge is 2.53. The topological polar surface area (TPSA) is 38.7 Å². The van der Waals surface area contributed by atoms with Gasteiger partial charge in [0.15, 0.2) is 17.5 Å². The predicted octanol–water partition coefficient (Wildman–Crippen LogP) is 13.2. The van der Waals surface area contributed by atoms with E-state index in [1.807, 2.05) is 18.2 Å². The lowest BCUT2D eigenvalue weighted by Gasteiger charge is -2.46. The fourth-order valence-corrected chi connectivity index (χ4v) is 9.76. The minimum Gasteiger partial charge on any atom is -0.208 e. The minimum atomic E-state index is -0.451. The molecule has 0 saturated heterocycles. The normalized spacial score (nSPS) is 14.0. The van der Waals surface area contributed by atoms with Gasteiger partial charge in [0.2, 0.25) is 0 Å². The van der Waals surface area contributed by atoms with Crippen LogP contribution in [-0.2, 0) is 10.8 Å². The van der Waals surface area contributed by atoms with Crippen molar-refractivity contribution in [1.29, 1.82) is 0 Å². The van der Waals surface area contributed by atoms with Gasteiger partial charge in [-0.1, -0.05) is 208 Å². The van der Waals surface area contributed by atoms with Crippen LogP contribution in [0.1, 0.15) is 47.2 Å². The largest absolute Gasteiger partial charge is 0.208 e. The number of rotatable bonds is 5. The summed E-state index contributed by atoms with van der Waals surface area (Å²) < 4.78 is 0. The second kappa shape index (κ2) is 13.2. The molecule has 274 valence electrons. The summed E-state index contributed by atoms with van der Waals surface area (Å²) in [6, 6.07) is 71.9. The van der Waals surface area contributed by atoms with Crippen LogP contribution in [-0.4, -0.2) is 15.0 Å². The molecule has 8 aromatic carbocycles. The molecule has 9 aromatic rings. The molecule has 3 heteroatoms. The van der Waals surface area contributed by atoms with E-state index in [4.69, 9.17) is 15.0 Å². The minimum absolute atomic E-state index is 0.144. The molecular formula is C55H39N3. The average Bonchev–Trinajstić information content (AvgIpc) is 3.59. The maximum atomic E-state index is 5.22. The van der Waals surface area contributed by atoms with Crippen LogP contribution in [0.5, 0.6) is 0 Å². The summed E-state index contributed by atoms with van der Waals surface area (Å²) in [4.78, 5) is 15.5. The van der Waals surface area contributed by atoms with Gasteiger partial charge in [-0.3, -0.25) is 0 Å². The summed E-state index contributed by atoms with van der Waals surface area (Å²) in [5, 5.41) is 0. The molecule has 58 heavy (non-hydrogen) atoms. The van der Waals surface area contributed by atoms with Crippen molar-refractivity contribution >= 4 is 0 Å². The van der Waals surface area contributed by atoms with Gasteiger partial charge >= 0.3 is 0 Å². The Morgan fingerprint density at radius 3 is 1.21 bits per heavy atom. The van der Waals surface area contributed by atoms with Crippen molar-refractivity contribution < 1.29 is 0 Å². The summed E-state index contributed by atoms with van der Waals surface area (Å²) >= 11 is 0. The molecule has 0 atom stereocenters. The van der Waals surface area contributed by atoms with Crippen LogP contribution in [0.25, 0.3) is 67.5 Å². The Bertz CT molecular complexity index is 2970. The lowest BCUT2D eigenvalue weighted by Crippen LogP contribution is -2.40. The van der Waals surface area contributed by atoms with E-state index in [9.17, 15) is 0 Å². The van der Waals surface area contributed by atoms with Crippen LogP contribution in [0.3, 0.4) is 0 Å². The molecule has 0 bridgehead atoms. The fourth-order valence-electron chi connectivity index (χ4n) is 9.76. The molecule has 0 fully saturated rings. The van der Waals surface area contributed by atoms with Crippen LogP contribution in [0.2, 0.25) is 0 Å². The zero-order valence-corrected chi connectivity index (χ0v) is 32.4. The summed E-state index contributed by atoms with van der Waals surface area (Å²) in [7, 11) is 0. The van der Waals surface area contributed by atoms with Gasteiger partial charge in [-0.25, -0.2) is 15.0 Å². The molecule has 1 aromatic heterocycles. The van der Waals surface area contributed by atoms with E-state index in [1.54, 1.807) is 0 Å². The lowest BCUT2D eigenvalue weighted by atomic mass is 9.55. The molecule has 0 saturated carbocycles. The number of nitrogens with zero attached hydrogens (tertiary/aromatic N) is 3. The smallest absolute Gasteiger partial charge is 0.164 e. The van der Waals surface area contributed by atoms with Gasteiger partial charge in [0, 0.05) is 22.1 Å². The van der Waals surface area contributed by atoms with Crippen molar-refractivity contribution in [2.75, 3.05) is 0 Å². The molecule has 0 N–H and O–H groups in total. The first kappa shape index (κ1) is 34.1. The van der Waals surface area contributed by atoms with E-state index < -0.39 is 5.41 Å². The van der Waals surface area contributed by atoms with Crippen molar-refractivity contribution in [3.05, 3.63) is 234 Å². The molecule has 1 heterocycles. The second-order valence-corrected chi connectivity index (χ2v) is 15.9. The Hall–Kier alpha value is -7.23. The van der Waals surface area contributed by atoms with Gasteiger partial charge in [-0.05, 0) is 72.8 Å². The average molecular weight is 742 g/mol. The molecule has 2 aliphatic rings. The Morgan fingerprint density at radius 1 is 0.276 bits per heavy atom. The van der Waals surface area contributed by atoms with Gasteiger partial charge in [0.1, 0.15) is 0 Å². The molecule has 2 aliphatic carbocycles. The molecular weight excluding hydrogens is 703 g/mol. The maximum absolute atomic E-state index is 5.22. The maximum Gasteiger partial charge on any atom is 0.164 e. The van der Waals surface area contributed by atoms with Crippen molar-refractivity contribution in [2.45, 2.75) is 24.7 Å². The number of benzene rings is 8. The third kappa shape index (κ3) is 5.10. The van der Waals surface area contributed by atoms with Crippen molar-refractivity contribution in [1.82, 2.24) is 15.0 Å². The van der Waals surface area contributed by atoms with Crippen LogP contribution >= 0.6 is 0 Å². The van der Waals surface area contributed by atoms with E-state index in [1.165, 1.54) is 61.2 Å². The Balaban J connectivity index is 1.07. The summed E-state index contributed by atoms with van der Waals surface area (Å²) in [6.07, 6.45) is 0. The van der Waals surface area contributed by atoms with E-state index in [0.29, 0.717) is 17.5 Å². The van der Waals surface area contributed by atoms with E-state index >= 15 is 0 Å². The molecule has 0 unspecified atom stereocenters. The molecule has 3 nitrogen and oxygen atoms in total. The first-order valence-corrected chi connectivity index (χ1v) is 20.0. The number of fused-ring (bicyclic) bond motifs is 9. The molecule has 11 rings (SSSR count). The Morgan fingerprint density at radius 2 is 0.638 bits per heavy atom. The predicted molar refractivity (Wildman–Crippen MR) is 236 cm³/mol. The van der Waals surface area contributed by atoms with Gasteiger partial charge < -0.3 is 0 Å². The quantitative estimate of drug-likeness (QED) is 0.176. The standard InChI is InChI=1S/C55H39N3/c1-54(2)47-25-13-15-27-49(47)55(50-28-16-14-26-48(50)54)45-24-12-11-23-43(45)44-35-40(33-34-46(44)55)53-57-51(38-19-7-4-8-20-38)56-52(58-53)39-31-29-37(30-32-39)42-22-10-9-21-41(42)36-17-5-3-6-18-36/h3-35H,1-2H3. The fraction of sp³-hybridized carbons (Fsp3) is 0.0727. The summed E-state index contributed by atoms with van der Waals surface area (Å²) in [5.41, 5.74) is 17.4. The van der Waals surface area contributed by atoms with E-state index in [0.717, 1.165) is 22.3 Å². The van der Waals surface area contributed by atoms with Gasteiger partial charge in [0.25, 0.3) is 0 Å². The van der Waals surface area contributed by atoms with E-state index in [-0.39, 0.29) is 5.41 Å². The lowest BCUT2D eigenvalue weighted by molar-refractivity contribution is 0.563. The zero-order valence-electron chi connectivity index (χ0n) is 32.4. The highest BCUT2D eigenvalue weighted by molar-refractivity contribution is 5.90. The van der Waals surface area contributed by atoms with Crippen molar-refractivity contribution in [2.24, 2.45) is 0 Å². The Kier molecular flexibility index (Phi) is 7.74. The second-order valence-electron chi connectivity index (χ2n) is 15.9. The summed E-state index contributed by atoms with van der Waals surface area (Å²) in [5.74, 6) is 1.93. The molecule has 0 radical (unpaired) electrons. The first-order valence-electron chi connectivity index (χ1n) is 20.0. The third-order valence-electron chi connectivity index (χ3n) is 12.4. The number of hydrogen-bond acceptors (Lipinski definition) is 3. The van der Waals surface area contributed by atoms with Crippen molar-refractivity contribution in [3.63, 3.8) is 0 Å². The van der Waals surface area contributed by atoms with Crippen LogP contribution in [0.4, 0.5) is 0 Å². The third-order valence-corrected chi connectivity index (χ3v) is 12.4. The van der Waals surface area contributed by atoms with Crippen LogP contribution in [0, 0.1) is 0 Å². The van der Waals surface area contributed by atoms with E-state index in [2.05, 4.69) is 196 Å². The zero-order chi connectivity index (χ0) is 38.8. The highest BCUT2D eigenvalue weighted by atomic mass is 15.0. The van der Waals surface area contributed by atoms with Gasteiger partial charge in [-0.15, -0.1) is 0 Å². The first-order chi connectivity index (χ1) is 28.5. The van der Waals surface area contributed by atoms with Crippen molar-refractivity contribution in [3.8, 4) is 67.5 Å². The molecule has 1 spiro atoms. The SMILES string of the molecule is CC1(C)c2ccccc2C2(c3ccccc3-c3cc(-c4nc(-c5ccccc5)nc(-c5ccc(-c6ccccc6-c6ccccc6)cc5)n4)ccc32)c2ccccc21. The Labute approximate surface area is 339 Å². The molecule has 0 aliphatic heterocycles. The monoisotopic (exact) mass is 741 g/mol. The highest BCUT2D eigenvalue weighted by Crippen LogP contribution is 2.62. The van der Waals surface area contributed by atoms with Gasteiger partial charge in [-0.2, -0.15) is 0 Å². The van der Waals surface area contributed by atoms with Crippen LogP contribution in [0.15, 0.2) is 200 Å². The molecule has 0 amide bonds. The number of hydrogen-bond donors (Lipinski definition) is 0.